The maximum absolute atomic E-state index is 6.18. The lowest BCUT2D eigenvalue weighted by Crippen LogP contribution is -1.92. The summed E-state index contributed by atoms with van der Waals surface area (Å²) in [6, 6.07) is 42.1. The summed E-state index contributed by atoms with van der Waals surface area (Å²) < 4.78 is 18.5. The van der Waals surface area contributed by atoms with Gasteiger partial charge in [-0.05, 0) is 106 Å². The van der Waals surface area contributed by atoms with Gasteiger partial charge in [0.15, 0.2) is 0 Å². The van der Waals surface area contributed by atoms with Gasteiger partial charge in [-0.15, -0.1) is 0 Å². The number of hydrogen-bond donors (Lipinski definition) is 0. The molecule has 51 heavy (non-hydrogen) atoms. The van der Waals surface area contributed by atoms with E-state index in [0.717, 1.165) is 50.1 Å². The fraction of sp³-hybridized carbons (Fsp3) is 0. The van der Waals surface area contributed by atoms with Crippen molar-refractivity contribution in [1.29, 1.82) is 0 Å². The molecule has 10 rings (SSSR count). The topological polar surface area (TPSA) is 117 Å². The van der Waals surface area contributed by atoms with E-state index in [2.05, 4.69) is 51.4 Å². The van der Waals surface area contributed by atoms with Crippen LogP contribution in [-0.4, -0.2) is 29.9 Å². The van der Waals surface area contributed by atoms with Crippen molar-refractivity contribution in [2.24, 2.45) is 0 Å². The van der Waals surface area contributed by atoms with Gasteiger partial charge in [-0.25, -0.2) is 29.9 Å². The van der Waals surface area contributed by atoms with Crippen molar-refractivity contribution in [3.63, 3.8) is 0 Å². The number of fused-ring (bicyclic) bond motifs is 3. The van der Waals surface area contributed by atoms with Gasteiger partial charge in [-0.1, -0.05) is 54.6 Å². The van der Waals surface area contributed by atoms with E-state index in [1.54, 1.807) is 18.6 Å². The van der Waals surface area contributed by atoms with Gasteiger partial charge in [0.2, 0.25) is 34.8 Å². The SMILES string of the molecule is c1ccc(-c2nc3cccnc3o2)c(-c2cc(-c3ccccc3-c3nc4cccnc4o3)cc(-c3ccccc3-c3nc4cccnc4o3)c2)c1. The summed E-state index contributed by atoms with van der Waals surface area (Å²) in [6.45, 7) is 0. The van der Waals surface area contributed by atoms with Crippen LogP contribution in [0.3, 0.4) is 0 Å². The molecule has 0 bridgehead atoms. The zero-order chi connectivity index (χ0) is 33.7. The third kappa shape index (κ3) is 5.03. The monoisotopic (exact) mass is 660 g/mol. The van der Waals surface area contributed by atoms with E-state index in [-0.39, 0.29) is 0 Å². The Kier molecular flexibility index (Phi) is 6.60. The van der Waals surface area contributed by atoms with Gasteiger partial charge in [-0.3, -0.25) is 0 Å². The number of hydrogen-bond acceptors (Lipinski definition) is 9. The Bertz CT molecular complexity index is 2480. The van der Waals surface area contributed by atoms with Crippen molar-refractivity contribution < 1.29 is 13.3 Å². The number of aromatic nitrogens is 6. The molecular weight excluding hydrogens is 637 g/mol. The molecule has 0 saturated carbocycles. The average molecular weight is 661 g/mol. The lowest BCUT2D eigenvalue weighted by Gasteiger charge is -2.15. The molecule has 9 heteroatoms. The van der Waals surface area contributed by atoms with Crippen LogP contribution in [0.15, 0.2) is 159 Å². The second-order valence-corrected chi connectivity index (χ2v) is 12.0. The molecule has 0 unspecified atom stereocenters. The molecule has 240 valence electrons. The summed E-state index contributed by atoms with van der Waals surface area (Å²) in [6.07, 6.45) is 5.11. The van der Waals surface area contributed by atoms with Gasteiger partial charge < -0.3 is 13.3 Å². The number of benzene rings is 4. The molecule has 6 heterocycles. The van der Waals surface area contributed by atoms with Crippen LogP contribution in [0.5, 0.6) is 0 Å². The van der Waals surface area contributed by atoms with Crippen LogP contribution >= 0.6 is 0 Å². The third-order valence-electron chi connectivity index (χ3n) is 8.84. The molecule has 0 aliphatic carbocycles. The first-order chi connectivity index (χ1) is 25.2. The minimum absolute atomic E-state index is 0.486. The number of pyridine rings is 3. The molecule has 4 aromatic carbocycles. The molecule has 10 aromatic rings. The highest BCUT2D eigenvalue weighted by molar-refractivity contribution is 5.93. The average Bonchev–Trinajstić information content (AvgIpc) is 3.95. The van der Waals surface area contributed by atoms with Crippen molar-refractivity contribution in [2.75, 3.05) is 0 Å². The highest BCUT2D eigenvalue weighted by atomic mass is 16.4. The number of rotatable bonds is 6. The van der Waals surface area contributed by atoms with E-state index in [9.17, 15) is 0 Å². The second kappa shape index (κ2) is 11.7. The predicted octanol–water partition coefficient (Wildman–Crippen LogP) is 10.3. The van der Waals surface area contributed by atoms with Crippen LogP contribution in [0.4, 0.5) is 0 Å². The molecule has 0 N–H and O–H groups in total. The van der Waals surface area contributed by atoms with Gasteiger partial charge in [-0.2, -0.15) is 0 Å². The van der Waals surface area contributed by atoms with Crippen LogP contribution in [0.1, 0.15) is 0 Å². The molecule has 0 atom stereocenters. The Morgan fingerprint density at radius 3 is 0.902 bits per heavy atom. The minimum atomic E-state index is 0.486. The molecule has 0 fully saturated rings. The zero-order valence-electron chi connectivity index (χ0n) is 26.8. The van der Waals surface area contributed by atoms with Gasteiger partial charge in [0, 0.05) is 35.3 Å². The fourth-order valence-electron chi connectivity index (χ4n) is 6.51. The van der Waals surface area contributed by atoms with Gasteiger partial charge >= 0.3 is 0 Å². The normalized spacial score (nSPS) is 11.5. The first-order valence-corrected chi connectivity index (χ1v) is 16.3. The van der Waals surface area contributed by atoms with Crippen molar-refractivity contribution in [3.8, 4) is 67.7 Å². The molecule has 9 nitrogen and oxygen atoms in total. The van der Waals surface area contributed by atoms with Crippen molar-refractivity contribution in [1.82, 2.24) is 29.9 Å². The number of nitrogens with zero attached hydrogens (tertiary/aromatic N) is 6. The molecule has 0 aliphatic rings. The van der Waals surface area contributed by atoms with Gasteiger partial charge in [0.05, 0.1) is 0 Å². The van der Waals surface area contributed by atoms with E-state index in [1.165, 1.54) is 0 Å². The van der Waals surface area contributed by atoms with Crippen LogP contribution in [0.25, 0.3) is 101 Å². The van der Waals surface area contributed by atoms with Crippen LogP contribution in [0, 0.1) is 0 Å². The third-order valence-corrected chi connectivity index (χ3v) is 8.84. The van der Waals surface area contributed by atoms with Gasteiger partial charge in [0.25, 0.3) is 0 Å². The first kappa shape index (κ1) is 28.7. The molecule has 0 aliphatic heterocycles. The summed E-state index contributed by atoms with van der Waals surface area (Å²) in [7, 11) is 0. The summed E-state index contributed by atoms with van der Waals surface area (Å²) in [5.41, 5.74) is 11.8. The zero-order valence-corrected chi connectivity index (χ0v) is 26.8. The van der Waals surface area contributed by atoms with E-state index >= 15 is 0 Å². The summed E-state index contributed by atoms with van der Waals surface area (Å²) in [5, 5.41) is 0. The van der Waals surface area contributed by atoms with Gasteiger partial charge in [0.1, 0.15) is 16.6 Å². The Morgan fingerprint density at radius 1 is 0.314 bits per heavy atom. The molecule has 0 saturated heterocycles. The Morgan fingerprint density at radius 2 is 0.608 bits per heavy atom. The Balaban J connectivity index is 1.21. The van der Waals surface area contributed by atoms with E-state index in [4.69, 9.17) is 28.2 Å². The lowest BCUT2D eigenvalue weighted by molar-refractivity contribution is 0.607. The van der Waals surface area contributed by atoms with Crippen LogP contribution in [-0.2, 0) is 0 Å². The van der Waals surface area contributed by atoms with Crippen LogP contribution in [0.2, 0.25) is 0 Å². The molecule has 0 amide bonds. The summed E-state index contributed by atoms with van der Waals surface area (Å²) >= 11 is 0. The van der Waals surface area contributed by atoms with Crippen molar-refractivity contribution in [2.45, 2.75) is 0 Å². The van der Waals surface area contributed by atoms with Crippen molar-refractivity contribution in [3.05, 3.63) is 146 Å². The molecule has 0 spiro atoms. The molecule has 6 aromatic heterocycles. The maximum Gasteiger partial charge on any atom is 0.247 e. The maximum atomic E-state index is 6.18. The lowest BCUT2D eigenvalue weighted by atomic mass is 9.89. The van der Waals surface area contributed by atoms with Crippen LogP contribution < -0.4 is 0 Å². The van der Waals surface area contributed by atoms with E-state index < -0.39 is 0 Å². The summed E-state index contributed by atoms with van der Waals surface area (Å²) in [5.74, 6) is 1.47. The quantitative estimate of drug-likeness (QED) is 0.172. The van der Waals surface area contributed by atoms with E-state index in [0.29, 0.717) is 51.4 Å². The van der Waals surface area contributed by atoms with Crippen molar-refractivity contribution >= 4 is 33.7 Å². The van der Waals surface area contributed by atoms with E-state index in [1.807, 2.05) is 91.0 Å². The second-order valence-electron chi connectivity index (χ2n) is 12.0. The first-order valence-electron chi connectivity index (χ1n) is 16.3. The fourth-order valence-corrected chi connectivity index (χ4v) is 6.51. The minimum Gasteiger partial charge on any atom is -0.418 e. The summed E-state index contributed by atoms with van der Waals surface area (Å²) in [4.78, 5) is 27.5. The largest absolute Gasteiger partial charge is 0.418 e. The Labute approximate surface area is 290 Å². The molecule has 0 radical (unpaired) electrons. The smallest absolute Gasteiger partial charge is 0.247 e. The highest BCUT2D eigenvalue weighted by Gasteiger charge is 2.20. The molecular formula is C42H24N6O3. The highest BCUT2D eigenvalue weighted by Crippen LogP contribution is 2.42. The number of oxazole rings is 3. The standard InChI is InChI=1S/C42H24N6O3/c1-4-13-31(37-46-34-16-7-19-43-40(34)49-37)28(10-1)25-22-26(29-11-2-5-14-32(29)38-47-35-17-8-20-44-41(35)50-38)24-27(23-25)30-12-3-6-15-33(30)39-48-36-18-9-21-45-42(36)51-39/h1-24H. The Hall–Kier alpha value is -7.26. The predicted molar refractivity (Wildman–Crippen MR) is 195 cm³/mol.